The summed E-state index contributed by atoms with van der Waals surface area (Å²) in [6.07, 6.45) is 2.02. The van der Waals surface area contributed by atoms with Crippen LogP contribution in [0.5, 0.6) is 0 Å². The lowest BCUT2D eigenvalue weighted by molar-refractivity contribution is -0.115. The number of thiazole rings is 1. The van der Waals surface area contributed by atoms with Crippen molar-refractivity contribution < 1.29 is 13.2 Å². The zero-order valence-corrected chi connectivity index (χ0v) is 20.5. The van der Waals surface area contributed by atoms with Crippen molar-refractivity contribution >= 4 is 42.6 Å². The van der Waals surface area contributed by atoms with Gasteiger partial charge in [-0.1, -0.05) is 25.2 Å². The molecule has 172 valence electrons. The molecule has 10 heteroatoms. The van der Waals surface area contributed by atoms with Crippen molar-refractivity contribution in [3.05, 3.63) is 35.2 Å². The first-order valence-electron chi connectivity index (χ1n) is 10.9. The molecule has 1 fully saturated rings. The third-order valence-electron chi connectivity index (χ3n) is 5.72. The zero-order valence-electron chi connectivity index (χ0n) is 18.9. The number of carbonyl (C=O) groups is 1. The second-order valence-electron chi connectivity index (χ2n) is 8.71. The Hall–Kier alpha value is -2.30. The highest BCUT2D eigenvalue weighted by atomic mass is 32.2. The lowest BCUT2D eigenvalue weighted by Gasteiger charge is -2.15. The Balaban J connectivity index is 1.50. The van der Waals surface area contributed by atoms with Crippen LogP contribution in [-0.2, 0) is 27.8 Å². The third-order valence-corrected chi connectivity index (χ3v) is 8.54. The molecule has 3 heterocycles. The molecule has 1 N–H and O–H groups in total. The number of aromatic nitrogens is 3. The van der Waals surface area contributed by atoms with E-state index in [9.17, 15) is 13.2 Å². The minimum Gasteiger partial charge on any atom is -0.302 e. The SMILES string of the molecule is Cc1nn(CC(C)C)c(C)c1CC(=O)Nc1nc2ccc(S(=O)(=O)N3CCCC3)cc2s1. The lowest BCUT2D eigenvalue weighted by atomic mass is 10.1. The van der Waals surface area contributed by atoms with E-state index in [1.807, 2.05) is 18.5 Å². The molecule has 8 nitrogen and oxygen atoms in total. The van der Waals surface area contributed by atoms with Gasteiger partial charge in [0.05, 0.1) is 27.2 Å². The lowest BCUT2D eigenvalue weighted by Crippen LogP contribution is -2.27. The number of nitrogens with zero attached hydrogens (tertiary/aromatic N) is 4. The maximum Gasteiger partial charge on any atom is 0.243 e. The molecule has 0 radical (unpaired) electrons. The number of fused-ring (bicyclic) bond motifs is 1. The van der Waals surface area contributed by atoms with Crippen molar-refractivity contribution in [1.29, 1.82) is 0 Å². The Labute approximate surface area is 192 Å². The molecular formula is C22H29N5O3S2. The molecule has 1 aliphatic heterocycles. The van der Waals surface area contributed by atoms with Crippen LogP contribution in [0.1, 0.15) is 43.6 Å². The number of sulfonamides is 1. The summed E-state index contributed by atoms with van der Waals surface area (Å²) in [5, 5.41) is 7.91. The molecule has 0 atom stereocenters. The van der Waals surface area contributed by atoms with E-state index in [-0.39, 0.29) is 17.2 Å². The van der Waals surface area contributed by atoms with Crippen LogP contribution in [0.4, 0.5) is 5.13 Å². The van der Waals surface area contributed by atoms with Gasteiger partial charge < -0.3 is 5.32 Å². The van der Waals surface area contributed by atoms with E-state index in [4.69, 9.17) is 0 Å². The molecule has 2 aromatic heterocycles. The number of anilines is 1. The topological polar surface area (TPSA) is 97.2 Å². The molecule has 1 saturated heterocycles. The summed E-state index contributed by atoms with van der Waals surface area (Å²) < 4.78 is 29.9. The van der Waals surface area contributed by atoms with Crippen LogP contribution in [0, 0.1) is 19.8 Å². The van der Waals surface area contributed by atoms with Crippen LogP contribution in [0.3, 0.4) is 0 Å². The van der Waals surface area contributed by atoms with Gasteiger partial charge in [0.15, 0.2) is 5.13 Å². The Morgan fingerprint density at radius 3 is 2.62 bits per heavy atom. The summed E-state index contributed by atoms with van der Waals surface area (Å²) in [6.45, 7) is 10.1. The molecule has 3 aromatic rings. The maximum atomic E-state index is 12.8. The van der Waals surface area contributed by atoms with Crippen LogP contribution in [-0.4, -0.2) is 46.5 Å². The average Bonchev–Trinajstić information content (AvgIpc) is 3.44. The van der Waals surface area contributed by atoms with Gasteiger partial charge in [0.25, 0.3) is 0 Å². The van der Waals surface area contributed by atoms with Crippen molar-refractivity contribution in [2.75, 3.05) is 18.4 Å². The van der Waals surface area contributed by atoms with Crippen molar-refractivity contribution in [1.82, 2.24) is 19.1 Å². The van der Waals surface area contributed by atoms with Gasteiger partial charge >= 0.3 is 0 Å². The van der Waals surface area contributed by atoms with Crippen LogP contribution in [0.2, 0.25) is 0 Å². The monoisotopic (exact) mass is 475 g/mol. The number of rotatable bonds is 7. The molecule has 0 saturated carbocycles. The van der Waals surface area contributed by atoms with Gasteiger partial charge in [-0.25, -0.2) is 13.4 Å². The molecule has 1 aromatic carbocycles. The number of hydrogen-bond acceptors (Lipinski definition) is 6. The fraction of sp³-hybridized carbons (Fsp3) is 0.500. The Bertz CT molecular complexity index is 1250. The highest BCUT2D eigenvalue weighted by molar-refractivity contribution is 7.89. The fourth-order valence-corrected chi connectivity index (χ4v) is 6.57. The van der Waals surface area contributed by atoms with E-state index in [2.05, 4.69) is 29.2 Å². The fourth-order valence-electron chi connectivity index (χ4n) is 4.03. The molecule has 4 rings (SSSR count). The highest BCUT2D eigenvalue weighted by Crippen LogP contribution is 2.30. The minimum atomic E-state index is -3.49. The Morgan fingerprint density at radius 1 is 1.22 bits per heavy atom. The Kier molecular flexibility index (Phi) is 6.37. The predicted octanol–water partition coefficient (Wildman–Crippen LogP) is 3.73. The second-order valence-corrected chi connectivity index (χ2v) is 11.7. The molecule has 0 bridgehead atoms. The van der Waals surface area contributed by atoms with Gasteiger partial charge in [-0.05, 0) is 50.8 Å². The molecule has 1 aliphatic rings. The third kappa shape index (κ3) is 4.57. The second kappa shape index (κ2) is 8.92. The summed E-state index contributed by atoms with van der Waals surface area (Å²) in [6, 6.07) is 4.95. The van der Waals surface area contributed by atoms with Gasteiger partial charge in [-0.15, -0.1) is 0 Å². The van der Waals surface area contributed by atoms with Gasteiger partial charge in [0, 0.05) is 30.9 Å². The van der Waals surface area contributed by atoms with Crippen molar-refractivity contribution in [3.8, 4) is 0 Å². The minimum absolute atomic E-state index is 0.163. The van der Waals surface area contributed by atoms with Crippen molar-refractivity contribution in [2.45, 2.75) is 58.4 Å². The molecule has 0 unspecified atom stereocenters. The average molecular weight is 476 g/mol. The van der Waals surface area contributed by atoms with Crippen molar-refractivity contribution in [3.63, 3.8) is 0 Å². The van der Waals surface area contributed by atoms with E-state index in [1.165, 1.54) is 15.6 Å². The normalized spacial score (nSPS) is 15.2. The highest BCUT2D eigenvalue weighted by Gasteiger charge is 2.27. The van der Waals surface area contributed by atoms with E-state index in [0.29, 0.717) is 29.7 Å². The smallest absolute Gasteiger partial charge is 0.243 e. The molecule has 32 heavy (non-hydrogen) atoms. The number of hydrogen-bond donors (Lipinski definition) is 1. The first-order valence-corrected chi connectivity index (χ1v) is 13.1. The first-order chi connectivity index (χ1) is 15.1. The summed E-state index contributed by atoms with van der Waals surface area (Å²) in [5.74, 6) is 0.306. The molecule has 0 aliphatic carbocycles. The molecule has 0 spiro atoms. The number of amides is 1. The van der Waals surface area contributed by atoms with Crippen molar-refractivity contribution in [2.24, 2.45) is 5.92 Å². The van der Waals surface area contributed by atoms with Crippen LogP contribution in [0.15, 0.2) is 23.1 Å². The standard InChI is InChI=1S/C22H29N5O3S2/c1-14(2)13-27-16(4)18(15(3)25-27)12-21(28)24-22-23-19-8-7-17(11-20(19)31-22)32(29,30)26-9-5-6-10-26/h7-8,11,14H,5-6,9-10,12-13H2,1-4H3,(H,23,24,28). The number of carbonyl (C=O) groups excluding carboxylic acids is 1. The van der Waals surface area contributed by atoms with Gasteiger partial charge in [-0.2, -0.15) is 9.40 Å². The summed E-state index contributed by atoms with van der Waals surface area (Å²) in [5.41, 5.74) is 3.47. The number of benzene rings is 1. The molecular weight excluding hydrogens is 446 g/mol. The van der Waals surface area contributed by atoms with Crippen LogP contribution >= 0.6 is 11.3 Å². The summed E-state index contributed by atoms with van der Waals surface area (Å²) in [4.78, 5) is 17.4. The largest absolute Gasteiger partial charge is 0.302 e. The Morgan fingerprint density at radius 2 is 1.94 bits per heavy atom. The molecule has 1 amide bonds. The number of aryl methyl sites for hydroxylation is 1. The predicted molar refractivity (Wildman–Crippen MR) is 126 cm³/mol. The van der Waals surface area contributed by atoms with Gasteiger partial charge in [0.1, 0.15) is 0 Å². The van der Waals surface area contributed by atoms with Crippen LogP contribution < -0.4 is 5.32 Å². The summed E-state index contributed by atoms with van der Waals surface area (Å²) in [7, 11) is -3.49. The quantitative estimate of drug-likeness (QED) is 0.562. The van der Waals surface area contributed by atoms with E-state index >= 15 is 0 Å². The van der Waals surface area contributed by atoms with E-state index in [0.717, 1.165) is 41.0 Å². The van der Waals surface area contributed by atoms with Gasteiger partial charge in [0.2, 0.25) is 15.9 Å². The van der Waals surface area contributed by atoms with Gasteiger partial charge in [-0.3, -0.25) is 9.48 Å². The van der Waals surface area contributed by atoms with E-state index < -0.39 is 10.0 Å². The van der Waals surface area contributed by atoms with Crippen LogP contribution in [0.25, 0.3) is 10.2 Å². The first kappa shape index (κ1) is 22.9. The summed E-state index contributed by atoms with van der Waals surface area (Å²) >= 11 is 1.28. The number of nitrogens with one attached hydrogen (secondary N) is 1. The van der Waals surface area contributed by atoms with E-state index in [1.54, 1.807) is 18.2 Å². The zero-order chi connectivity index (χ0) is 23.0. The maximum absolute atomic E-state index is 12.8.